The van der Waals surface area contributed by atoms with Gasteiger partial charge in [0.1, 0.15) is 16.3 Å². The molecule has 3 heteroatoms. The Bertz CT molecular complexity index is 23.7. The predicted molar refractivity (Wildman–Crippen MR) is 39.9 cm³/mol. The molecule has 0 saturated carbocycles. The van der Waals surface area contributed by atoms with Crippen LogP contribution < -0.4 is 0 Å². The molecule has 0 aliphatic carbocycles. The number of halogens is 2. The van der Waals surface area contributed by atoms with Crippen molar-refractivity contribution in [1.29, 1.82) is 0 Å². The van der Waals surface area contributed by atoms with E-state index in [9.17, 15) is 0 Å². The van der Waals surface area contributed by atoms with Crippen molar-refractivity contribution >= 4 is 41.1 Å². The van der Waals surface area contributed by atoms with Crippen molar-refractivity contribution in [3.63, 3.8) is 0 Å². The van der Waals surface area contributed by atoms with Gasteiger partial charge in [0.25, 0.3) is 0 Å². The molecular weight excluding hydrogens is 146 g/mol. The summed E-state index contributed by atoms with van der Waals surface area (Å²) in [7, 11) is 0. The van der Waals surface area contributed by atoms with Gasteiger partial charge in [0.2, 0.25) is 0 Å². The molecule has 7 heavy (non-hydrogen) atoms. The molecule has 0 heterocycles. The van der Waals surface area contributed by atoms with E-state index in [0.717, 1.165) is 5.92 Å². The standard InChI is InChI=1S/C4H9.Al.2ClH/c1-4(2)3;;;/h4H,1H2,2-3H3;;2*1H. The maximum Gasteiger partial charge on any atom is 0.118 e. The number of rotatable bonds is 1. The van der Waals surface area contributed by atoms with Gasteiger partial charge in [-0.2, -0.15) is 0 Å². The molecule has 0 amide bonds. The van der Waals surface area contributed by atoms with Gasteiger partial charge in [0, 0.05) is 0 Å². The highest BCUT2D eigenvalue weighted by molar-refractivity contribution is 6.08. The van der Waals surface area contributed by atoms with Gasteiger partial charge in [-0.05, 0) is 0 Å². The average molecular weight is 157 g/mol. The second-order valence-electron chi connectivity index (χ2n) is 1.63. The first-order valence-corrected chi connectivity index (χ1v) is 2.79. The van der Waals surface area contributed by atoms with Crippen LogP contribution in [-0.4, -0.2) is 16.3 Å². The van der Waals surface area contributed by atoms with Crippen LogP contribution in [-0.2, 0) is 0 Å². The summed E-state index contributed by atoms with van der Waals surface area (Å²) >= 11 is 2.69. The third kappa shape index (κ3) is 19.2. The Morgan fingerprint density at radius 3 is 1.43 bits per heavy atom. The van der Waals surface area contributed by atoms with Crippen LogP contribution in [0.2, 0.25) is 5.28 Å². The van der Waals surface area contributed by atoms with Gasteiger partial charge < -0.3 is 0 Å². The van der Waals surface area contributed by atoms with Crippen LogP contribution in [0.4, 0.5) is 0 Å². The molecule has 0 bridgehead atoms. The zero-order valence-electron chi connectivity index (χ0n) is 4.68. The summed E-state index contributed by atoms with van der Waals surface area (Å²) in [5.41, 5.74) is 0. The van der Waals surface area contributed by atoms with Gasteiger partial charge in [0.15, 0.2) is 0 Å². The molecule has 0 aromatic heterocycles. The van der Waals surface area contributed by atoms with Crippen LogP contribution in [0.3, 0.4) is 0 Å². The molecule has 0 nitrogen and oxygen atoms in total. The fourth-order valence-electron chi connectivity index (χ4n) is 0. The maximum atomic E-state index is 2.69. The molecular formula is C4H11AlCl2. The molecule has 0 rings (SSSR count). The predicted octanol–water partition coefficient (Wildman–Crippen LogP) is 2.07. The highest BCUT2D eigenvalue weighted by Gasteiger charge is 1.79. The molecule has 0 N–H and O–H groups in total. The lowest BCUT2D eigenvalue weighted by molar-refractivity contribution is 0.735. The summed E-state index contributed by atoms with van der Waals surface area (Å²) < 4.78 is 0. The maximum absolute atomic E-state index is 2.69. The first-order chi connectivity index (χ1) is 2.27. The second kappa shape index (κ2) is 10.2. The van der Waals surface area contributed by atoms with Crippen LogP contribution in [0.15, 0.2) is 0 Å². The lowest BCUT2D eigenvalue weighted by Gasteiger charge is -1.91. The quantitative estimate of drug-likeness (QED) is 0.511. The normalized spacial score (nSPS) is 6.71. The van der Waals surface area contributed by atoms with E-state index < -0.39 is 0 Å². The Labute approximate surface area is 66.3 Å². The molecule has 0 aliphatic heterocycles. The monoisotopic (exact) mass is 156 g/mol. The molecule has 0 atom stereocenters. The van der Waals surface area contributed by atoms with E-state index in [-0.39, 0.29) is 24.8 Å². The van der Waals surface area contributed by atoms with Gasteiger partial charge in [-0.3, -0.25) is 0 Å². The minimum Gasteiger partial charge on any atom is -0.147 e. The summed E-state index contributed by atoms with van der Waals surface area (Å²) in [5.74, 6) is 0.847. The number of hydrogen-bond acceptors (Lipinski definition) is 0. The van der Waals surface area contributed by atoms with Gasteiger partial charge in [-0.25, -0.2) is 0 Å². The summed E-state index contributed by atoms with van der Waals surface area (Å²) in [6, 6.07) is 0. The summed E-state index contributed by atoms with van der Waals surface area (Å²) in [6.07, 6.45) is 0. The third-order valence-corrected chi connectivity index (χ3v) is 1.41. The highest BCUT2D eigenvalue weighted by atomic mass is 35.5. The number of hydrogen-bond donors (Lipinski definition) is 0. The Morgan fingerprint density at radius 1 is 1.29 bits per heavy atom. The van der Waals surface area contributed by atoms with Gasteiger partial charge in [-0.15, -0.1) is 30.1 Å². The van der Waals surface area contributed by atoms with Crippen LogP contribution in [0, 0.1) is 5.92 Å². The Kier molecular flexibility index (Phi) is 22.8. The topological polar surface area (TPSA) is 0 Å². The van der Waals surface area contributed by atoms with Gasteiger partial charge in [0.05, 0.1) is 0 Å². The van der Waals surface area contributed by atoms with Crippen molar-refractivity contribution in [2.45, 2.75) is 19.1 Å². The molecule has 0 unspecified atom stereocenters. The summed E-state index contributed by atoms with van der Waals surface area (Å²) in [4.78, 5) is 0. The van der Waals surface area contributed by atoms with Crippen molar-refractivity contribution < 1.29 is 0 Å². The second-order valence-corrected chi connectivity index (χ2v) is 2.10. The first-order valence-electron chi connectivity index (χ1n) is 1.97. The van der Waals surface area contributed by atoms with Crippen molar-refractivity contribution in [3.8, 4) is 0 Å². The van der Waals surface area contributed by atoms with E-state index in [1.807, 2.05) is 0 Å². The smallest absolute Gasteiger partial charge is 0.118 e. The molecule has 44 valence electrons. The van der Waals surface area contributed by atoms with Crippen molar-refractivity contribution in [1.82, 2.24) is 0 Å². The van der Waals surface area contributed by atoms with Crippen LogP contribution in [0.5, 0.6) is 0 Å². The summed E-state index contributed by atoms with van der Waals surface area (Å²) in [6.45, 7) is 4.40. The van der Waals surface area contributed by atoms with Crippen LogP contribution >= 0.6 is 24.8 Å². The lowest BCUT2D eigenvalue weighted by Crippen LogP contribution is -1.80. The molecule has 0 fully saturated rings. The molecule has 0 spiro atoms. The largest absolute Gasteiger partial charge is 0.147 e. The molecule has 0 saturated heterocycles. The van der Waals surface area contributed by atoms with Crippen molar-refractivity contribution in [2.24, 2.45) is 5.92 Å². The minimum absolute atomic E-state index is 0. The zero-order valence-corrected chi connectivity index (χ0v) is 7.47. The van der Waals surface area contributed by atoms with E-state index in [0.29, 0.717) is 0 Å². The van der Waals surface area contributed by atoms with Crippen molar-refractivity contribution in [3.05, 3.63) is 0 Å². The van der Waals surface area contributed by atoms with E-state index in [1.165, 1.54) is 5.28 Å². The van der Waals surface area contributed by atoms with E-state index >= 15 is 0 Å². The van der Waals surface area contributed by atoms with E-state index in [1.54, 1.807) is 0 Å². The SMILES string of the molecule is CC(C)[CH2][Al].Cl.Cl. The van der Waals surface area contributed by atoms with E-state index in [2.05, 4.69) is 30.1 Å². The van der Waals surface area contributed by atoms with Gasteiger partial charge >= 0.3 is 0 Å². The molecule has 0 aliphatic rings. The lowest BCUT2D eigenvalue weighted by atomic mass is 10.3. The summed E-state index contributed by atoms with van der Waals surface area (Å²) in [5, 5.41) is 1.22. The highest BCUT2D eigenvalue weighted by Crippen LogP contribution is 1.92. The van der Waals surface area contributed by atoms with E-state index in [4.69, 9.17) is 0 Å². The van der Waals surface area contributed by atoms with Crippen LogP contribution in [0.1, 0.15) is 13.8 Å². The molecule has 2 radical (unpaired) electrons. The third-order valence-electron chi connectivity index (χ3n) is 0.471. The Morgan fingerprint density at radius 2 is 1.43 bits per heavy atom. The minimum atomic E-state index is 0. The molecule has 0 aromatic rings. The Hall–Kier alpha value is 1.11. The first kappa shape index (κ1) is 15.7. The zero-order chi connectivity index (χ0) is 4.28. The fourth-order valence-corrected chi connectivity index (χ4v) is 0. The average Bonchev–Trinajstić information content (AvgIpc) is 1.38. The molecule has 0 aromatic carbocycles. The van der Waals surface area contributed by atoms with Crippen molar-refractivity contribution in [2.75, 3.05) is 0 Å². The fraction of sp³-hybridized carbons (Fsp3) is 1.00. The van der Waals surface area contributed by atoms with Gasteiger partial charge in [-0.1, -0.05) is 19.8 Å². The van der Waals surface area contributed by atoms with Crippen LogP contribution in [0.25, 0.3) is 0 Å². The Balaban J connectivity index is -0.0000000800.